The number of hydrogen-bond donors (Lipinski definition) is 5. The molecule has 0 aliphatic rings. The molecule has 0 fully saturated rings. The number of phenols is 1. The number of carboxylic acids is 1. The Morgan fingerprint density at radius 2 is 1.62 bits per heavy atom. The number of nitrogen functional groups attached to an aromatic ring is 1. The van der Waals surface area contributed by atoms with Gasteiger partial charge >= 0.3 is 5.97 Å². The van der Waals surface area contributed by atoms with E-state index in [4.69, 9.17) is 10.8 Å². The number of aromatic hydroxyl groups is 1. The largest absolute Gasteiger partial charge is 0.505 e. The minimum absolute atomic E-state index is 0.150. The third kappa shape index (κ3) is 3.25. The number of carboxylic acid groups (broad SMARTS) is 1. The van der Waals surface area contributed by atoms with Crippen molar-refractivity contribution in [2.75, 3.05) is 11.1 Å². The molecule has 0 heterocycles. The summed E-state index contributed by atoms with van der Waals surface area (Å²) in [6.45, 7) is 0. The summed E-state index contributed by atoms with van der Waals surface area (Å²) in [5, 5.41) is 22.8. The Hall–Kier alpha value is -3.30. The maximum Gasteiger partial charge on any atom is 0.335 e. The number of rotatable bonds is 4. The Bertz CT molecular complexity index is 1120. The van der Waals surface area contributed by atoms with Gasteiger partial charge in [0.25, 0.3) is 10.1 Å². The molecule has 3 aromatic rings. The predicted octanol–water partition coefficient (Wildman–Crippen LogP) is 2.82. The zero-order valence-corrected chi connectivity index (χ0v) is 14.0. The summed E-state index contributed by atoms with van der Waals surface area (Å²) in [6.07, 6.45) is 0. The van der Waals surface area contributed by atoms with Crippen molar-refractivity contribution in [3.63, 3.8) is 0 Å². The number of hydrogen-bond acceptors (Lipinski definition) is 6. The van der Waals surface area contributed by atoms with E-state index in [9.17, 15) is 22.9 Å². The zero-order chi connectivity index (χ0) is 19.1. The maximum atomic E-state index is 11.3. The van der Waals surface area contributed by atoms with E-state index in [1.165, 1.54) is 18.2 Å². The summed E-state index contributed by atoms with van der Waals surface area (Å²) in [5.41, 5.74) is 6.51. The Labute approximate surface area is 148 Å². The average Bonchev–Trinajstić information content (AvgIpc) is 2.58. The fourth-order valence-corrected chi connectivity index (χ4v) is 3.17. The van der Waals surface area contributed by atoms with Crippen LogP contribution in [0, 0.1) is 0 Å². The van der Waals surface area contributed by atoms with E-state index >= 15 is 0 Å². The highest BCUT2D eigenvalue weighted by Crippen LogP contribution is 2.37. The zero-order valence-electron chi connectivity index (χ0n) is 13.2. The standard InChI is InChI=1S/C17H14N2O6S/c18-15-14(26(23,24)25)7-10-3-6-12(8-13(10)16(15)20)19-11-4-1-9(2-5-11)17(21)22/h1-8,19-20H,18H2,(H,21,22)(H,23,24,25). The first-order valence-electron chi connectivity index (χ1n) is 7.30. The van der Waals surface area contributed by atoms with Gasteiger partial charge in [-0.15, -0.1) is 0 Å². The minimum Gasteiger partial charge on any atom is -0.505 e. The third-order valence-electron chi connectivity index (χ3n) is 3.81. The van der Waals surface area contributed by atoms with E-state index in [0.717, 1.165) is 0 Å². The van der Waals surface area contributed by atoms with Gasteiger partial charge in [0.15, 0.2) is 0 Å². The molecule has 0 amide bonds. The van der Waals surface area contributed by atoms with Gasteiger partial charge in [0, 0.05) is 16.8 Å². The maximum absolute atomic E-state index is 11.3. The van der Waals surface area contributed by atoms with Crippen LogP contribution in [-0.4, -0.2) is 29.2 Å². The molecule has 0 unspecified atom stereocenters. The SMILES string of the molecule is Nc1c(S(=O)(=O)O)cc2ccc(Nc3ccc(C(=O)O)cc3)cc2c1O. The Balaban J connectivity index is 2.01. The van der Waals surface area contributed by atoms with Crippen molar-refractivity contribution < 1.29 is 28.0 Å². The topological polar surface area (TPSA) is 150 Å². The lowest BCUT2D eigenvalue weighted by molar-refractivity contribution is 0.0697. The molecule has 3 rings (SSSR count). The van der Waals surface area contributed by atoms with Crippen LogP contribution in [-0.2, 0) is 10.1 Å². The molecule has 0 spiro atoms. The van der Waals surface area contributed by atoms with Crippen LogP contribution in [0.15, 0.2) is 53.4 Å². The number of anilines is 3. The van der Waals surface area contributed by atoms with Crippen molar-refractivity contribution in [3.05, 3.63) is 54.1 Å². The molecule has 0 aromatic heterocycles. The fourth-order valence-electron chi connectivity index (χ4n) is 2.52. The lowest BCUT2D eigenvalue weighted by Crippen LogP contribution is -2.03. The second kappa shape index (κ2) is 6.21. The Kier molecular flexibility index (Phi) is 4.18. The molecule has 0 atom stereocenters. The van der Waals surface area contributed by atoms with E-state index in [0.29, 0.717) is 22.1 Å². The second-order valence-electron chi connectivity index (χ2n) is 5.56. The van der Waals surface area contributed by atoms with Gasteiger partial charge < -0.3 is 21.3 Å². The number of nitrogens with two attached hydrogens (primary N) is 1. The highest BCUT2D eigenvalue weighted by molar-refractivity contribution is 7.86. The molecular weight excluding hydrogens is 360 g/mol. The van der Waals surface area contributed by atoms with Crippen LogP contribution < -0.4 is 11.1 Å². The molecule has 0 aliphatic carbocycles. The summed E-state index contributed by atoms with van der Waals surface area (Å²) in [4.78, 5) is 10.3. The van der Waals surface area contributed by atoms with Crippen molar-refractivity contribution in [3.8, 4) is 5.75 Å². The van der Waals surface area contributed by atoms with Gasteiger partial charge in [-0.2, -0.15) is 8.42 Å². The van der Waals surface area contributed by atoms with Gasteiger partial charge in [-0.05, 0) is 47.9 Å². The molecule has 8 nitrogen and oxygen atoms in total. The molecule has 134 valence electrons. The fraction of sp³-hybridized carbons (Fsp3) is 0. The normalized spacial score (nSPS) is 11.4. The lowest BCUT2D eigenvalue weighted by atomic mass is 10.1. The molecule has 0 radical (unpaired) electrons. The van der Waals surface area contributed by atoms with Crippen LogP contribution in [0.25, 0.3) is 10.8 Å². The molecule has 0 saturated heterocycles. The Morgan fingerprint density at radius 1 is 1.00 bits per heavy atom. The van der Waals surface area contributed by atoms with E-state index in [1.807, 2.05) is 0 Å². The summed E-state index contributed by atoms with van der Waals surface area (Å²) < 4.78 is 31.9. The van der Waals surface area contributed by atoms with Crippen molar-refractivity contribution in [2.45, 2.75) is 4.90 Å². The molecule has 0 saturated carbocycles. The lowest BCUT2D eigenvalue weighted by Gasteiger charge is -2.12. The van der Waals surface area contributed by atoms with E-state index < -0.39 is 32.4 Å². The first-order chi connectivity index (χ1) is 12.2. The second-order valence-corrected chi connectivity index (χ2v) is 6.95. The number of carbonyl (C=O) groups is 1. The molecule has 3 aromatic carbocycles. The van der Waals surface area contributed by atoms with Crippen LogP contribution >= 0.6 is 0 Å². The van der Waals surface area contributed by atoms with Crippen molar-refractivity contribution >= 4 is 43.9 Å². The highest BCUT2D eigenvalue weighted by Gasteiger charge is 2.19. The van der Waals surface area contributed by atoms with Gasteiger partial charge in [-0.25, -0.2) is 4.79 Å². The first kappa shape index (κ1) is 17.5. The van der Waals surface area contributed by atoms with Crippen LogP contribution in [0.1, 0.15) is 10.4 Å². The molecular formula is C17H14N2O6S. The summed E-state index contributed by atoms with van der Waals surface area (Å²) in [6, 6.07) is 12.0. The van der Waals surface area contributed by atoms with Crippen molar-refractivity contribution in [2.24, 2.45) is 0 Å². The molecule has 9 heteroatoms. The third-order valence-corrected chi connectivity index (χ3v) is 4.71. The van der Waals surface area contributed by atoms with Crippen molar-refractivity contribution in [1.29, 1.82) is 0 Å². The quantitative estimate of drug-likeness (QED) is 0.266. The highest BCUT2D eigenvalue weighted by atomic mass is 32.2. The van der Waals surface area contributed by atoms with Crippen LogP contribution in [0.2, 0.25) is 0 Å². The van der Waals surface area contributed by atoms with Crippen molar-refractivity contribution in [1.82, 2.24) is 0 Å². The smallest absolute Gasteiger partial charge is 0.335 e. The average molecular weight is 374 g/mol. The molecule has 26 heavy (non-hydrogen) atoms. The van der Waals surface area contributed by atoms with Crippen LogP contribution in [0.4, 0.5) is 17.1 Å². The number of phenolic OH excluding ortho intramolecular Hbond substituents is 1. The molecule has 6 N–H and O–H groups in total. The number of benzene rings is 3. The Morgan fingerprint density at radius 3 is 2.19 bits per heavy atom. The van der Waals surface area contributed by atoms with Gasteiger partial charge in [-0.1, -0.05) is 6.07 Å². The van der Waals surface area contributed by atoms with Gasteiger partial charge in [0.2, 0.25) is 0 Å². The number of nitrogens with one attached hydrogen (secondary N) is 1. The number of fused-ring (bicyclic) bond motifs is 1. The minimum atomic E-state index is -4.57. The summed E-state index contributed by atoms with van der Waals surface area (Å²) in [7, 11) is -4.57. The molecule has 0 bridgehead atoms. The van der Waals surface area contributed by atoms with Gasteiger partial charge in [-0.3, -0.25) is 4.55 Å². The van der Waals surface area contributed by atoms with Gasteiger partial charge in [0.1, 0.15) is 10.6 Å². The monoisotopic (exact) mass is 374 g/mol. The summed E-state index contributed by atoms with van der Waals surface area (Å²) >= 11 is 0. The molecule has 0 aliphatic heterocycles. The number of aromatic carboxylic acids is 1. The van der Waals surface area contributed by atoms with Crippen LogP contribution in [0.5, 0.6) is 5.75 Å². The van der Waals surface area contributed by atoms with E-state index in [2.05, 4.69) is 5.32 Å². The van der Waals surface area contributed by atoms with E-state index in [-0.39, 0.29) is 5.56 Å². The summed E-state index contributed by atoms with van der Waals surface area (Å²) in [5.74, 6) is -1.49. The first-order valence-corrected chi connectivity index (χ1v) is 8.74. The van der Waals surface area contributed by atoms with Crippen LogP contribution in [0.3, 0.4) is 0 Å². The van der Waals surface area contributed by atoms with Gasteiger partial charge in [0.05, 0.1) is 11.3 Å². The van der Waals surface area contributed by atoms with E-state index in [1.54, 1.807) is 30.3 Å². The predicted molar refractivity (Wildman–Crippen MR) is 96.5 cm³/mol.